The molecule has 1 heteroatoms. The molecular formula is C9H16B. The molecule has 0 N–H and O–H groups in total. The molecule has 55 valence electrons. The molecule has 0 nitrogen and oxygen atoms in total. The Kier molecular flexibility index (Phi) is 2.23. The Bertz CT molecular complexity index is 156. The fourth-order valence-corrected chi connectivity index (χ4v) is 1.43. The van der Waals surface area contributed by atoms with E-state index in [0.717, 1.165) is 11.7 Å². The number of hydrogen-bond donors (Lipinski definition) is 0. The molecule has 0 amide bonds. The molecule has 0 aliphatic heterocycles. The molecule has 0 aromatic carbocycles. The first-order valence-electron chi connectivity index (χ1n) is 4.15. The molecule has 0 aromatic heterocycles. The predicted octanol–water partition coefficient (Wildman–Crippen LogP) is 2.83. The van der Waals surface area contributed by atoms with Crippen molar-refractivity contribution in [2.45, 2.75) is 39.9 Å². The minimum absolute atomic E-state index is 0.720. The average molecular weight is 135 g/mol. The first-order chi connectivity index (χ1) is 4.61. The quantitative estimate of drug-likeness (QED) is 0.510. The minimum Gasteiger partial charge on any atom is -0.109 e. The lowest BCUT2D eigenvalue weighted by Crippen LogP contribution is -2.19. The number of hydrogen-bond acceptors (Lipinski definition) is 0. The zero-order valence-corrected chi connectivity index (χ0v) is 7.44. The minimum atomic E-state index is 0.720. The molecule has 1 rings (SSSR count). The normalized spacial score (nSPS) is 25.1. The van der Waals surface area contributed by atoms with E-state index in [9.17, 15) is 0 Å². The van der Waals surface area contributed by atoms with E-state index in [1.54, 1.807) is 11.0 Å². The van der Waals surface area contributed by atoms with Gasteiger partial charge in [0.25, 0.3) is 0 Å². The van der Waals surface area contributed by atoms with Gasteiger partial charge in [0.15, 0.2) is 0 Å². The van der Waals surface area contributed by atoms with E-state index in [1.807, 2.05) is 0 Å². The topological polar surface area (TPSA) is 0 Å². The van der Waals surface area contributed by atoms with E-state index in [4.69, 9.17) is 0 Å². The highest BCUT2D eigenvalue weighted by Crippen LogP contribution is 2.34. The zero-order valence-electron chi connectivity index (χ0n) is 7.44. The van der Waals surface area contributed by atoms with Crippen LogP contribution in [-0.4, -0.2) is 7.28 Å². The molecule has 1 unspecified atom stereocenters. The van der Waals surface area contributed by atoms with Crippen molar-refractivity contribution in [3.8, 4) is 0 Å². The van der Waals surface area contributed by atoms with Crippen LogP contribution in [0.2, 0.25) is 5.82 Å². The zero-order chi connectivity index (χ0) is 7.72. The smallest absolute Gasteiger partial charge is 0.109 e. The molecule has 0 heterocycles. The molecule has 0 aromatic rings. The monoisotopic (exact) mass is 135 g/mol. The fraction of sp³-hybridized carbons (Fsp3) is 0.778. The summed E-state index contributed by atoms with van der Waals surface area (Å²) in [6, 6.07) is 0. The van der Waals surface area contributed by atoms with Gasteiger partial charge in [0.05, 0.1) is 0 Å². The lowest BCUT2D eigenvalue weighted by atomic mass is 9.52. The highest BCUT2D eigenvalue weighted by atomic mass is 14.2. The summed E-state index contributed by atoms with van der Waals surface area (Å²) < 4.78 is 0. The van der Waals surface area contributed by atoms with Crippen LogP contribution in [0.4, 0.5) is 0 Å². The molecule has 0 saturated carbocycles. The van der Waals surface area contributed by atoms with E-state index in [0.29, 0.717) is 0 Å². The van der Waals surface area contributed by atoms with Crippen molar-refractivity contribution in [3.63, 3.8) is 0 Å². The molecule has 0 saturated heterocycles. The van der Waals surface area contributed by atoms with Gasteiger partial charge in [0, 0.05) is 0 Å². The second-order valence-corrected chi connectivity index (χ2v) is 3.72. The average Bonchev–Trinajstić information content (AvgIpc) is 1.86. The number of rotatable bonds is 2. The molecule has 0 spiro atoms. The van der Waals surface area contributed by atoms with Crippen molar-refractivity contribution in [2.75, 3.05) is 0 Å². The fourth-order valence-electron chi connectivity index (χ4n) is 1.43. The van der Waals surface area contributed by atoms with Crippen molar-refractivity contribution in [2.24, 2.45) is 5.92 Å². The van der Waals surface area contributed by atoms with Crippen LogP contribution in [0.5, 0.6) is 0 Å². The van der Waals surface area contributed by atoms with Crippen LogP contribution in [0, 0.1) is 5.92 Å². The molecule has 0 bridgehead atoms. The SMILES string of the molecule is CC1=C([B]C(C)C)CC1C. The lowest BCUT2D eigenvalue weighted by molar-refractivity contribution is 0.607. The van der Waals surface area contributed by atoms with Crippen LogP contribution >= 0.6 is 0 Å². The van der Waals surface area contributed by atoms with Gasteiger partial charge in [-0.3, -0.25) is 0 Å². The van der Waals surface area contributed by atoms with Crippen molar-refractivity contribution >= 4 is 7.28 Å². The van der Waals surface area contributed by atoms with E-state index in [2.05, 4.69) is 35.0 Å². The molecule has 1 aliphatic carbocycles. The summed E-state index contributed by atoms with van der Waals surface area (Å²) in [6.07, 6.45) is 1.31. The maximum absolute atomic E-state index is 2.38. The van der Waals surface area contributed by atoms with Gasteiger partial charge >= 0.3 is 0 Å². The number of allylic oxidation sites excluding steroid dienone is 2. The highest BCUT2D eigenvalue weighted by molar-refractivity contribution is 6.47. The summed E-state index contributed by atoms with van der Waals surface area (Å²) in [7, 11) is 2.38. The van der Waals surface area contributed by atoms with E-state index in [-0.39, 0.29) is 0 Å². The maximum atomic E-state index is 2.38. The van der Waals surface area contributed by atoms with E-state index < -0.39 is 0 Å². The van der Waals surface area contributed by atoms with Crippen LogP contribution in [0.15, 0.2) is 11.0 Å². The molecule has 10 heavy (non-hydrogen) atoms. The summed E-state index contributed by atoms with van der Waals surface area (Å²) >= 11 is 0. The van der Waals surface area contributed by atoms with Gasteiger partial charge in [-0.05, 0) is 19.3 Å². The Morgan fingerprint density at radius 1 is 1.50 bits per heavy atom. The third-order valence-electron chi connectivity index (χ3n) is 2.31. The van der Waals surface area contributed by atoms with Crippen molar-refractivity contribution in [3.05, 3.63) is 11.0 Å². The Balaban J connectivity index is 2.45. The van der Waals surface area contributed by atoms with Crippen molar-refractivity contribution in [1.29, 1.82) is 0 Å². The molecule has 0 fully saturated rings. The Labute approximate surface area is 65.0 Å². The van der Waals surface area contributed by atoms with Gasteiger partial charge < -0.3 is 0 Å². The molecule has 1 aliphatic rings. The molecule has 1 radical (unpaired) electrons. The standard InChI is InChI=1S/C9H16B/c1-6(2)10-9-5-7(3)8(9)4/h6-7H,5H2,1-4H3. The summed E-state index contributed by atoms with van der Waals surface area (Å²) in [5.74, 6) is 1.57. The Morgan fingerprint density at radius 2 is 2.10 bits per heavy atom. The predicted molar refractivity (Wildman–Crippen MR) is 47.3 cm³/mol. The van der Waals surface area contributed by atoms with Crippen molar-refractivity contribution < 1.29 is 0 Å². The molecule has 1 atom stereocenters. The van der Waals surface area contributed by atoms with Crippen LogP contribution in [-0.2, 0) is 0 Å². The molecular weight excluding hydrogens is 119 g/mol. The van der Waals surface area contributed by atoms with E-state index >= 15 is 0 Å². The maximum Gasteiger partial charge on any atom is 0.148 e. The first kappa shape index (κ1) is 7.91. The summed E-state index contributed by atoms with van der Waals surface area (Å²) in [5, 5.41) is 0. The van der Waals surface area contributed by atoms with Gasteiger partial charge in [-0.2, -0.15) is 0 Å². The highest BCUT2D eigenvalue weighted by Gasteiger charge is 2.21. The van der Waals surface area contributed by atoms with Crippen LogP contribution in [0.25, 0.3) is 0 Å². The second kappa shape index (κ2) is 2.81. The van der Waals surface area contributed by atoms with Gasteiger partial charge in [0.1, 0.15) is 7.28 Å². The third-order valence-corrected chi connectivity index (χ3v) is 2.31. The summed E-state index contributed by atoms with van der Waals surface area (Å²) in [4.78, 5) is 0. The van der Waals surface area contributed by atoms with Gasteiger partial charge in [-0.15, -0.1) is 5.47 Å². The van der Waals surface area contributed by atoms with Crippen LogP contribution < -0.4 is 0 Å². The largest absolute Gasteiger partial charge is 0.148 e. The van der Waals surface area contributed by atoms with Crippen LogP contribution in [0.3, 0.4) is 0 Å². The van der Waals surface area contributed by atoms with Gasteiger partial charge in [-0.1, -0.05) is 32.2 Å². The third kappa shape index (κ3) is 1.45. The first-order valence-corrected chi connectivity index (χ1v) is 4.15. The lowest BCUT2D eigenvalue weighted by Gasteiger charge is -2.29. The summed E-state index contributed by atoms with van der Waals surface area (Å²) in [5.41, 5.74) is 3.20. The van der Waals surface area contributed by atoms with Gasteiger partial charge in [0.2, 0.25) is 0 Å². The van der Waals surface area contributed by atoms with Gasteiger partial charge in [-0.25, -0.2) is 0 Å². The Hall–Kier alpha value is -0.195. The second-order valence-electron chi connectivity index (χ2n) is 3.72. The van der Waals surface area contributed by atoms with Crippen LogP contribution in [0.1, 0.15) is 34.1 Å². The summed E-state index contributed by atoms with van der Waals surface area (Å²) in [6.45, 7) is 9.03. The van der Waals surface area contributed by atoms with E-state index in [1.165, 1.54) is 6.42 Å². The Morgan fingerprint density at radius 3 is 2.40 bits per heavy atom. The van der Waals surface area contributed by atoms with Crippen molar-refractivity contribution in [1.82, 2.24) is 0 Å².